The Hall–Kier alpha value is -0.0800. The molecule has 0 saturated heterocycles. The minimum absolute atomic E-state index is 0.438. The molecule has 2 nitrogen and oxygen atoms in total. The van der Waals surface area contributed by atoms with Gasteiger partial charge in [0.25, 0.3) is 0 Å². The largest absolute Gasteiger partial charge is 0.316 e. The fraction of sp³-hybridized carbons (Fsp3) is 1.00. The number of rotatable bonds is 9. The molecular weight excluding hydrogens is 208 g/mol. The molecule has 17 heavy (non-hydrogen) atoms. The summed E-state index contributed by atoms with van der Waals surface area (Å²) in [6.45, 7) is 17.2. The highest BCUT2D eigenvalue weighted by Gasteiger charge is 2.29. The van der Waals surface area contributed by atoms with Gasteiger partial charge in [0, 0.05) is 19.1 Å². The average molecular weight is 242 g/mol. The van der Waals surface area contributed by atoms with Crippen LogP contribution in [0.1, 0.15) is 54.4 Å². The first-order valence-corrected chi connectivity index (χ1v) is 7.33. The molecular formula is C15H34N2. The summed E-state index contributed by atoms with van der Waals surface area (Å²) in [5, 5.41) is 3.54. The quantitative estimate of drug-likeness (QED) is 0.667. The number of hydrogen-bond donors (Lipinski definition) is 1. The summed E-state index contributed by atoms with van der Waals surface area (Å²) in [4.78, 5) is 2.54. The van der Waals surface area contributed by atoms with Gasteiger partial charge in [-0.25, -0.2) is 0 Å². The van der Waals surface area contributed by atoms with E-state index in [1.54, 1.807) is 0 Å². The van der Waals surface area contributed by atoms with Crippen LogP contribution in [0, 0.1) is 11.3 Å². The van der Waals surface area contributed by atoms with Crippen LogP contribution >= 0.6 is 0 Å². The molecule has 0 aromatic rings. The van der Waals surface area contributed by atoms with Crippen LogP contribution in [0.15, 0.2) is 0 Å². The molecule has 1 unspecified atom stereocenters. The Morgan fingerprint density at radius 3 is 1.94 bits per heavy atom. The lowest BCUT2D eigenvalue weighted by atomic mass is 9.81. The van der Waals surface area contributed by atoms with Crippen LogP contribution in [0.2, 0.25) is 0 Å². The van der Waals surface area contributed by atoms with E-state index in [9.17, 15) is 0 Å². The van der Waals surface area contributed by atoms with Gasteiger partial charge in [-0.3, -0.25) is 0 Å². The third-order valence-electron chi connectivity index (χ3n) is 4.49. The standard InChI is InChI=1S/C15H34N2/c1-8-15(9-2,11-16-10-3)12-17(7)14(6)13(4)5/h13-14,16H,8-12H2,1-7H3. The molecule has 0 saturated carbocycles. The molecule has 0 aliphatic heterocycles. The van der Waals surface area contributed by atoms with Gasteiger partial charge < -0.3 is 10.2 Å². The minimum Gasteiger partial charge on any atom is -0.316 e. The van der Waals surface area contributed by atoms with E-state index in [1.807, 2.05) is 0 Å². The van der Waals surface area contributed by atoms with E-state index in [2.05, 4.69) is 58.8 Å². The monoisotopic (exact) mass is 242 g/mol. The normalized spacial score (nSPS) is 14.6. The Labute approximate surface area is 109 Å². The van der Waals surface area contributed by atoms with Crippen LogP contribution in [0.25, 0.3) is 0 Å². The maximum Gasteiger partial charge on any atom is 0.00871 e. The lowest BCUT2D eigenvalue weighted by molar-refractivity contribution is 0.109. The van der Waals surface area contributed by atoms with Crippen LogP contribution in [0.3, 0.4) is 0 Å². The van der Waals surface area contributed by atoms with E-state index in [0.29, 0.717) is 11.5 Å². The molecule has 0 radical (unpaired) electrons. The zero-order valence-electron chi connectivity index (χ0n) is 13.1. The van der Waals surface area contributed by atoms with Crippen LogP contribution in [0.5, 0.6) is 0 Å². The predicted molar refractivity (Wildman–Crippen MR) is 78.5 cm³/mol. The smallest absolute Gasteiger partial charge is 0.00871 e. The van der Waals surface area contributed by atoms with Gasteiger partial charge in [0.15, 0.2) is 0 Å². The van der Waals surface area contributed by atoms with Gasteiger partial charge in [0.2, 0.25) is 0 Å². The van der Waals surface area contributed by atoms with Crippen molar-refractivity contribution in [1.82, 2.24) is 10.2 Å². The molecule has 2 heteroatoms. The highest BCUT2D eigenvalue weighted by Crippen LogP contribution is 2.28. The lowest BCUT2D eigenvalue weighted by Crippen LogP contribution is -2.46. The van der Waals surface area contributed by atoms with Crippen molar-refractivity contribution in [2.45, 2.75) is 60.4 Å². The summed E-state index contributed by atoms with van der Waals surface area (Å²) in [6, 6.07) is 0.661. The molecule has 1 N–H and O–H groups in total. The Morgan fingerprint density at radius 1 is 1.06 bits per heavy atom. The number of hydrogen-bond acceptors (Lipinski definition) is 2. The Bertz CT molecular complexity index is 185. The van der Waals surface area contributed by atoms with E-state index >= 15 is 0 Å². The third kappa shape index (κ3) is 5.39. The Balaban J connectivity index is 4.51. The maximum absolute atomic E-state index is 3.54. The molecule has 0 bridgehead atoms. The maximum atomic E-state index is 3.54. The molecule has 0 aliphatic carbocycles. The van der Waals surface area contributed by atoms with Gasteiger partial charge in [-0.05, 0) is 44.7 Å². The van der Waals surface area contributed by atoms with Crippen LogP contribution < -0.4 is 5.32 Å². The highest BCUT2D eigenvalue weighted by atomic mass is 15.1. The van der Waals surface area contributed by atoms with E-state index in [-0.39, 0.29) is 0 Å². The summed E-state index contributed by atoms with van der Waals surface area (Å²) in [5.74, 6) is 0.727. The molecule has 0 heterocycles. The van der Waals surface area contributed by atoms with Gasteiger partial charge >= 0.3 is 0 Å². The van der Waals surface area contributed by atoms with Crippen LogP contribution in [0.4, 0.5) is 0 Å². The second-order valence-corrected chi connectivity index (χ2v) is 5.89. The summed E-state index contributed by atoms with van der Waals surface area (Å²) < 4.78 is 0. The summed E-state index contributed by atoms with van der Waals surface area (Å²) in [6.07, 6.45) is 2.51. The van der Waals surface area contributed by atoms with E-state index < -0.39 is 0 Å². The molecule has 0 aromatic carbocycles. The summed E-state index contributed by atoms with van der Waals surface area (Å²) in [7, 11) is 2.27. The van der Waals surface area contributed by atoms with Crippen LogP contribution in [-0.2, 0) is 0 Å². The van der Waals surface area contributed by atoms with E-state index in [0.717, 1.165) is 19.0 Å². The van der Waals surface area contributed by atoms with Crippen molar-refractivity contribution in [3.8, 4) is 0 Å². The second kappa shape index (κ2) is 8.10. The molecule has 0 amide bonds. The van der Waals surface area contributed by atoms with Crippen molar-refractivity contribution in [2.75, 3.05) is 26.7 Å². The summed E-state index contributed by atoms with van der Waals surface area (Å²) >= 11 is 0. The molecule has 1 atom stereocenters. The molecule has 0 aromatic heterocycles. The van der Waals surface area contributed by atoms with Crippen LogP contribution in [-0.4, -0.2) is 37.6 Å². The molecule has 0 fully saturated rings. The second-order valence-electron chi connectivity index (χ2n) is 5.89. The number of nitrogens with one attached hydrogen (secondary N) is 1. The third-order valence-corrected chi connectivity index (χ3v) is 4.49. The van der Waals surface area contributed by atoms with Gasteiger partial charge in [-0.15, -0.1) is 0 Å². The first-order valence-electron chi connectivity index (χ1n) is 7.33. The van der Waals surface area contributed by atoms with Crippen molar-refractivity contribution < 1.29 is 0 Å². The minimum atomic E-state index is 0.438. The lowest BCUT2D eigenvalue weighted by Gasteiger charge is -2.39. The fourth-order valence-corrected chi connectivity index (χ4v) is 2.35. The van der Waals surface area contributed by atoms with Gasteiger partial charge in [-0.1, -0.05) is 34.6 Å². The van der Waals surface area contributed by atoms with Gasteiger partial charge in [0.1, 0.15) is 0 Å². The SMILES string of the molecule is CCNCC(CC)(CC)CN(C)C(C)C(C)C. The Kier molecular flexibility index (Phi) is 8.06. The average Bonchev–Trinajstić information content (AvgIpc) is 2.33. The first kappa shape index (κ1) is 16.9. The predicted octanol–water partition coefficient (Wildman–Crippen LogP) is 3.38. The molecule has 0 spiro atoms. The zero-order valence-corrected chi connectivity index (χ0v) is 13.1. The van der Waals surface area contributed by atoms with Gasteiger partial charge in [-0.2, -0.15) is 0 Å². The number of nitrogens with zero attached hydrogens (tertiary/aromatic N) is 1. The van der Waals surface area contributed by atoms with Gasteiger partial charge in [0.05, 0.1) is 0 Å². The zero-order chi connectivity index (χ0) is 13.5. The molecule has 0 rings (SSSR count). The first-order chi connectivity index (χ1) is 7.92. The van der Waals surface area contributed by atoms with Crippen molar-refractivity contribution in [1.29, 1.82) is 0 Å². The highest BCUT2D eigenvalue weighted by molar-refractivity contribution is 4.84. The Morgan fingerprint density at radius 2 is 1.59 bits per heavy atom. The van der Waals surface area contributed by atoms with Crippen molar-refractivity contribution >= 4 is 0 Å². The van der Waals surface area contributed by atoms with Crippen molar-refractivity contribution in [2.24, 2.45) is 11.3 Å². The molecule has 104 valence electrons. The molecule has 0 aliphatic rings. The topological polar surface area (TPSA) is 15.3 Å². The van der Waals surface area contributed by atoms with E-state index in [4.69, 9.17) is 0 Å². The van der Waals surface area contributed by atoms with Crippen molar-refractivity contribution in [3.63, 3.8) is 0 Å². The summed E-state index contributed by atoms with van der Waals surface area (Å²) in [5.41, 5.74) is 0.438. The fourth-order valence-electron chi connectivity index (χ4n) is 2.35. The van der Waals surface area contributed by atoms with Crippen molar-refractivity contribution in [3.05, 3.63) is 0 Å². The van der Waals surface area contributed by atoms with E-state index in [1.165, 1.54) is 19.4 Å².